The normalized spacial score (nSPS) is 10.7. The van der Waals surface area contributed by atoms with Crippen LogP contribution >= 0.6 is 11.3 Å². The average molecular weight is 334 g/mol. The molecule has 0 spiro atoms. The number of benzene rings is 2. The molecule has 3 rings (SSSR count). The lowest BCUT2D eigenvalue weighted by Gasteiger charge is -2.06. The summed E-state index contributed by atoms with van der Waals surface area (Å²) in [6.45, 7) is 0. The molecule has 1 heterocycles. The largest absolute Gasteiger partial charge is 0.422 e. The summed E-state index contributed by atoms with van der Waals surface area (Å²) in [6, 6.07) is 19.6. The number of carbonyl (C=O) groups excluding carboxylic acids is 2. The molecular weight excluding hydrogens is 320 g/mol. The van der Waals surface area contributed by atoms with Gasteiger partial charge in [0.05, 0.1) is 0 Å². The quantitative estimate of drug-likeness (QED) is 0.289. The molecular formula is C20H14O3S. The van der Waals surface area contributed by atoms with Gasteiger partial charge in [-0.1, -0.05) is 54.6 Å². The van der Waals surface area contributed by atoms with Crippen molar-refractivity contribution in [3.63, 3.8) is 0 Å². The minimum atomic E-state index is -0.403. The Balaban J connectivity index is 1.78. The third-order valence-electron chi connectivity index (χ3n) is 3.32. The molecule has 0 N–H and O–H groups in total. The van der Waals surface area contributed by atoms with Crippen LogP contribution in [0.15, 0.2) is 78.2 Å². The number of rotatable bonds is 5. The highest BCUT2D eigenvalue weighted by Gasteiger charge is 2.11. The molecule has 0 amide bonds. The average Bonchev–Trinajstić information content (AvgIpc) is 3.16. The lowest BCUT2D eigenvalue weighted by atomic mass is 10.1. The third-order valence-corrected chi connectivity index (χ3v) is 4.17. The number of ether oxygens (including phenoxy) is 1. The number of hydrogen-bond donors (Lipinski definition) is 0. The maximum atomic E-state index is 12.1. The minimum Gasteiger partial charge on any atom is -0.422 e. The van der Waals surface area contributed by atoms with Crippen molar-refractivity contribution in [3.8, 4) is 5.75 Å². The second-order valence-corrected chi connectivity index (χ2v) is 5.92. The van der Waals surface area contributed by atoms with E-state index in [-0.39, 0.29) is 5.78 Å². The molecule has 3 aromatic rings. The topological polar surface area (TPSA) is 43.4 Å². The molecule has 4 heteroatoms. The zero-order chi connectivity index (χ0) is 16.8. The molecule has 1 aromatic heterocycles. The van der Waals surface area contributed by atoms with E-state index in [9.17, 15) is 9.59 Å². The van der Waals surface area contributed by atoms with E-state index in [0.29, 0.717) is 21.8 Å². The minimum absolute atomic E-state index is 0.102. The highest BCUT2D eigenvalue weighted by molar-refractivity contribution is 7.12. The number of hydrogen-bond acceptors (Lipinski definition) is 4. The fraction of sp³-hybridized carbons (Fsp3) is 0. The smallest absolute Gasteiger partial charge is 0.353 e. The molecule has 0 aliphatic heterocycles. The molecule has 0 bridgehead atoms. The number of allylic oxidation sites excluding steroid dienone is 1. The first-order chi connectivity index (χ1) is 11.7. The summed E-state index contributed by atoms with van der Waals surface area (Å²) in [5, 5.41) is 1.82. The van der Waals surface area contributed by atoms with E-state index in [1.165, 1.54) is 17.4 Å². The molecule has 118 valence electrons. The highest BCUT2D eigenvalue weighted by atomic mass is 32.1. The lowest BCUT2D eigenvalue weighted by Crippen LogP contribution is -2.07. The van der Waals surface area contributed by atoms with Crippen LogP contribution in [-0.4, -0.2) is 11.8 Å². The van der Waals surface area contributed by atoms with E-state index in [1.807, 2.05) is 29.6 Å². The molecule has 0 fully saturated rings. The van der Waals surface area contributed by atoms with Crippen LogP contribution in [-0.2, 0) is 0 Å². The van der Waals surface area contributed by atoms with Crippen LogP contribution < -0.4 is 4.74 Å². The molecule has 0 atom stereocenters. The van der Waals surface area contributed by atoms with Crippen LogP contribution in [0.1, 0.15) is 25.6 Å². The van der Waals surface area contributed by atoms with E-state index in [2.05, 4.69) is 0 Å². The fourth-order valence-electron chi connectivity index (χ4n) is 2.12. The molecule has 0 saturated heterocycles. The van der Waals surface area contributed by atoms with Gasteiger partial charge < -0.3 is 4.74 Å². The van der Waals surface area contributed by atoms with Gasteiger partial charge in [-0.25, -0.2) is 4.79 Å². The molecule has 2 aromatic carbocycles. The summed E-state index contributed by atoms with van der Waals surface area (Å²) in [5.74, 6) is -0.0803. The maximum Gasteiger partial charge on any atom is 0.353 e. The summed E-state index contributed by atoms with van der Waals surface area (Å²) in [7, 11) is 0. The molecule has 3 nitrogen and oxygen atoms in total. The number of thiophene rings is 1. The Morgan fingerprint density at radius 3 is 2.38 bits per heavy atom. The van der Waals surface area contributed by atoms with Crippen LogP contribution in [0.5, 0.6) is 5.75 Å². The molecule has 0 aliphatic carbocycles. The second-order valence-electron chi connectivity index (χ2n) is 4.97. The van der Waals surface area contributed by atoms with Crippen molar-refractivity contribution >= 4 is 29.2 Å². The highest BCUT2D eigenvalue weighted by Crippen LogP contribution is 2.22. The van der Waals surface area contributed by atoms with Gasteiger partial charge in [-0.3, -0.25) is 4.79 Å². The van der Waals surface area contributed by atoms with Crippen molar-refractivity contribution in [3.05, 3.63) is 94.2 Å². The van der Waals surface area contributed by atoms with Crippen LogP contribution in [0.25, 0.3) is 6.08 Å². The zero-order valence-electron chi connectivity index (χ0n) is 12.7. The van der Waals surface area contributed by atoms with Crippen LogP contribution in [0.4, 0.5) is 0 Å². The SMILES string of the molecule is O=C(/C=C/c1ccccc1OC(=O)c1cccs1)c1ccccc1. The predicted molar refractivity (Wildman–Crippen MR) is 95.5 cm³/mol. The summed E-state index contributed by atoms with van der Waals surface area (Å²) >= 11 is 1.32. The van der Waals surface area contributed by atoms with Crippen LogP contribution in [0.2, 0.25) is 0 Å². The van der Waals surface area contributed by atoms with Gasteiger partial charge in [-0.2, -0.15) is 0 Å². The lowest BCUT2D eigenvalue weighted by molar-refractivity contribution is 0.0739. The van der Waals surface area contributed by atoms with Gasteiger partial charge in [0.2, 0.25) is 0 Å². The van der Waals surface area contributed by atoms with E-state index in [0.717, 1.165) is 0 Å². The molecule has 0 radical (unpaired) electrons. The number of esters is 1. The first kappa shape index (κ1) is 15.9. The second kappa shape index (κ2) is 7.53. The molecule has 0 aliphatic rings. The van der Waals surface area contributed by atoms with E-state index < -0.39 is 5.97 Å². The summed E-state index contributed by atoms with van der Waals surface area (Å²) in [6.07, 6.45) is 3.14. The van der Waals surface area contributed by atoms with Crippen molar-refractivity contribution < 1.29 is 14.3 Å². The Hall–Kier alpha value is -2.98. The monoisotopic (exact) mass is 334 g/mol. The molecule has 0 saturated carbocycles. The Bertz CT molecular complexity index is 865. The van der Waals surface area contributed by atoms with Gasteiger partial charge in [0.25, 0.3) is 0 Å². The van der Waals surface area contributed by atoms with Gasteiger partial charge in [0.1, 0.15) is 10.6 Å². The fourth-order valence-corrected chi connectivity index (χ4v) is 2.72. The Morgan fingerprint density at radius 1 is 0.875 bits per heavy atom. The Labute approximate surface area is 143 Å². The van der Waals surface area contributed by atoms with Crippen LogP contribution in [0, 0.1) is 0 Å². The van der Waals surface area contributed by atoms with E-state index in [1.54, 1.807) is 48.5 Å². The summed E-state index contributed by atoms with van der Waals surface area (Å²) < 4.78 is 5.44. The Morgan fingerprint density at radius 2 is 1.62 bits per heavy atom. The van der Waals surface area contributed by atoms with Crippen molar-refractivity contribution in [2.45, 2.75) is 0 Å². The number of para-hydroxylation sites is 1. The van der Waals surface area contributed by atoms with Crippen molar-refractivity contribution in [1.29, 1.82) is 0 Å². The maximum absolute atomic E-state index is 12.1. The summed E-state index contributed by atoms with van der Waals surface area (Å²) in [5.41, 5.74) is 1.29. The first-order valence-electron chi connectivity index (χ1n) is 7.36. The van der Waals surface area contributed by atoms with Crippen molar-refractivity contribution in [2.75, 3.05) is 0 Å². The zero-order valence-corrected chi connectivity index (χ0v) is 13.5. The van der Waals surface area contributed by atoms with Crippen molar-refractivity contribution in [2.24, 2.45) is 0 Å². The van der Waals surface area contributed by atoms with Crippen molar-refractivity contribution in [1.82, 2.24) is 0 Å². The molecule has 24 heavy (non-hydrogen) atoms. The van der Waals surface area contributed by atoms with Gasteiger partial charge >= 0.3 is 5.97 Å². The van der Waals surface area contributed by atoms with Gasteiger partial charge in [0.15, 0.2) is 5.78 Å². The van der Waals surface area contributed by atoms with Gasteiger partial charge in [-0.15, -0.1) is 11.3 Å². The third kappa shape index (κ3) is 3.86. The Kier molecular flexibility index (Phi) is 4.99. The first-order valence-corrected chi connectivity index (χ1v) is 8.24. The number of carbonyl (C=O) groups is 2. The predicted octanol–water partition coefficient (Wildman–Crippen LogP) is 4.86. The molecule has 0 unspecified atom stereocenters. The summed E-state index contributed by atoms with van der Waals surface area (Å²) in [4.78, 5) is 24.8. The van der Waals surface area contributed by atoms with Gasteiger partial charge in [0, 0.05) is 11.1 Å². The van der Waals surface area contributed by atoms with E-state index in [4.69, 9.17) is 4.74 Å². The van der Waals surface area contributed by atoms with Crippen LogP contribution in [0.3, 0.4) is 0 Å². The standard InChI is InChI=1S/C20H14O3S/c21-17(15-7-2-1-3-8-15)13-12-16-9-4-5-10-18(16)23-20(22)19-11-6-14-24-19/h1-14H/b13-12+. The van der Waals surface area contributed by atoms with Gasteiger partial charge in [-0.05, 0) is 29.7 Å². The van der Waals surface area contributed by atoms with E-state index >= 15 is 0 Å². The number of ketones is 1.